The molecule has 1 spiro atoms. The Morgan fingerprint density at radius 2 is 1.62 bits per heavy atom. The fourth-order valence-electron chi connectivity index (χ4n) is 6.01. The van der Waals surface area contributed by atoms with Crippen LogP contribution in [-0.4, -0.2) is 40.3 Å². The number of aliphatic hydroxyl groups is 1. The molecule has 37 heavy (non-hydrogen) atoms. The topological polar surface area (TPSA) is 98.7 Å². The molecule has 5 atom stereocenters. The molecule has 3 aliphatic heterocycles. The van der Waals surface area contributed by atoms with Crippen LogP contribution in [-0.2, 0) is 26.3 Å². The van der Waals surface area contributed by atoms with Crippen LogP contribution in [0.1, 0.15) is 22.8 Å². The fraction of sp³-hybridized carbons (Fsp3) is 0.250. The number of halogens is 2. The summed E-state index contributed by atoms with van der Waals surface area (Å²) < 4.78 is 0. The third-order valence-corrected chi connectivity index (χ3v) is 8.21. The third kappa shape index (κ3) is 3.68. The average Bonchev–Trinajstić information content (AvgIpc) is 3.48. The number of fused-ring (bicyclic) bond motifs is 4. The average molecular weight is 536 g/mol. The van der Waals surface area contributed by atoms with E-state index in [0.29, 0.717) is 33.3 Å². The van der Waals surface area contributed by atoms with E-state index in [1.165, 1.54) is 4.90 Å². The van der Waals surface area contributed by atoms with Gasteiger partial charge in [0.05, 0.1) is 24.0 Å². The van der Waals surface area contributed by atoms with Crippen molar-refractivity contribution in [2.24, 2.45) is 11.8 Å². The molecule has 0 aromatic heterocycles. The largest absolute Gasteiger partial charge is 0.387 e. The van der Waals surface area contributed by atoms with Crippen LogP contribution in [0.15, 0.2) is 72.8 Å². The van der Waals surface area contributed by atoms with E-state index in [-0.39, 0.29) is 6.54 Å². The first-order chi connectivity index (χ1) is 17.8. The first-order valence-electron chi connectivity index (χ1n) is 12.0. The summed E-state index contributed by atoms with van der Waals surface area (Å²) in [5, 5.41) is 18.4. The summed E-state index contributed by atoms with van der Waals surface area (Å²) in [5.74, 6) is -3.28. The maximum absolute atomic E-state index is 13.9. The molecule has 2 fully saturated rings. The lowest BCUT2D eigenvalue weighted by molar-refractivity contribution is -0.143. The van der Waals surface area contributed by atoms with Crippen molar-refractivity contribution in [1.29, 1.82) is 0 Å². The molecule has 3 N–H and O–H groups in total. The van der Waals surface area contributed by atoms with E-state index in [2.05, 4.69) is 10.6 Å². The maximum Gasteiger partial charge on any atom is 0.250 e. The highest BCUT2D eigenvalue weighted by atomic mass is 35.5. The van der Waals surface area contributed by atoms with E-state index >= 15 is 0 Å². The van der Waals surface area contributed by atoms with Crippen molar-refractivity contribution in [1.82, 2.24) is 10.2 Å². The summed E-state index contributed by atoms with van der Waals surface area (Å²) >= 11 is 12.3. The number of carbonyl (C=O) groups excluding carboxylic acids is 3. The van der Waals surface area contributed by atoms with E-state index in [1.807, 2.05) is 30.3 Å². The molecule has 0 saturated carbocycles. The van der Waals surface area contributed by atoms with Crippen LogP contribution < -0.4 is 10.6 Å². The molecule has 3 heterocycles. The summed E-state index contributed by atoms with van der Waals surface area (Å²) in [7, 11) is 0. The van der Waals surface area contributed by atoms with Gasteiger partial charge in [0.2, 0.25) is 17.7 Å². The predicted molar refractivity (Wildman–Crippen MR) is 139 cm³/mol. The van der Waals surface area contributed by atoms with Gasteiger partial charge in [0.1, 0.15) is 5.54 Å². The van der Waals surface area contributed by atoms with Crippen molar-refractivity contribution >= 4 is 46.6 Å². The minimum absolute atomic E-state index is 0.179. The standard InChI is InChI=1S/C28H23Cl2N3O4/c29-17-8-6-16(7-9-17)24(34)23-21-22(26(36)33(25(21)35)13-12-15-4-2-1-3-5-15)28(32-23)19-14-18(30)10-11-20(19)31-27(28)37/h1-11,14,21-24,32,34H,12-13H2,(H,31,37)/t21-,22+,23-,24+,28+/m0/s1. The van der Waals surface area contributed by atoms with Gasteiger partial charge in [-0.15, -0.1) is 0 Å². The van der Waals surface area contributed by atoms with Crippen molar-refractivity contribution in [2.75, 3.05) is 11.9 Å². The van der Waals surface area contributed by atoms with E-state index < -0.39 is 47.2 Å². The van der Waals surface area contributed by atoms with Crippen molar-refractivity contribution in [3.05, 3.63) is 99.5 Å². The zero-order valence-corrected chi connectivity index (χ0v) is 21.0. The number of carbonyl (C=O) groups is 3. The molecule has 3 aliphatic rings. The number of hydrogen-bond donors (Lipinski definition) is 3. The SMILES string of the molecule is O=C1[C@@H]2[C@@H]([C@H](O)c3ccc(Cl)cc3)N[C@@]3(C(=O)Nc4ccc(Cl)cc43)[C@H]2C(=O)N1CCc1ccccc1. The van der Waals surface area contributed by atoms with Crippen LogP contribution >= 0.6 is 23.2 Å². The van der Waals surface area contributed by atoms with Gasteiger partial charge in [0.25, 0.3) is 0 Å². The molecule has 0 radical (unpaired) electrons. The van der Waals surface area contributed by atoms with Crippen molar-refractivity contribution in [2.45, 2.75) is 24.1 Å². The van der Waals surface area contributed by atoms with Crippen LogP contribution in [0.3, 0.4) is 0 Å². The van der Waals surface area contributed by atoms with Gasteiger partial charge in [-0.1, -0.05) is 65.7 Å². The molecular weight excluding hydrogens is 513 g/mol. The zero-order valence-electron chi connectivity index (χ0n) is 19.5. The van der Waals surface area contributed by atoms with Gasteiger partial charge in [-0.05, 0) is 47.9 Å². The van der Waals surface area contributed by atoms with E-state index in [9.17, 15) is 19.5 Å². The maximum atomic E-state index is 13.9. The molecule has 0 unspecified atom stereocenters. The Morgan fingerprint density at radius 1 is 0.919 bits per heavy atom. The van der Waals surface area contributed by atoms with Crippen LogP contribution in [0, 0.1) is 11.8 Å². The highest BCUT2D eigenvalue weighted by Gasteiger charge is 2.71. The van der Waals surface area contributed by atoms with E-state index in [1.54, 1.807) is 42.5 Å². The number of nitrogens with zero attached hydrogens (tertiary/aromatic N) is 1. The Labute approximate surface area is 223 Å². The Morgan fingerprint density at radius 3 is 2.35 bits per heavy atom. The van der Waals surface area contributed by atoms with Crippen LogP contribution in [0.5, 0.6) is 0 Å². The van der Waals surface area contributed by atoms with Gasteiger partial charge in [-0.25, -0.2) is 0 Å². The molecule has 9 heteroatoms. The number of anilines is 1. The minimum Gasteiger partial charge on any atom is -0.387 e. The molecule has 3 aromatic rings. The smallest absolute Gasteiger partial charge is 0.250 e. The number of imide groups is 1. The first kappa shape index (κ1) is 24.1. The zero-order chi connectivity index (χ0) is 25.9. The molecule has 6 rings (SSSR count). The Kier molecular flexibility index (Phi) is 5.84. The molecule has 7 nitrogen and oxygen atoms in total. The van der Waals surface area contributed by atoms with E-state index in [4.69, 9.17) is 23.2 Å². The quantitative estimate of drug-likeness (QED) is 0.433. The third-order valence-electron chi connectivity index (χ3n) is 7.72. The molecule has 3 aromatic carbocycles. The number of benzene rings is 3. The van der Waals surface area contributed by atoms with Crippen molar-refractivity contribution in [3.8, 4) is 0 Å². The first-order valence-corrected chi connectivity index (χ1v) is 12.8. The van der Waals surface area contributed by atoms with Gasteiger partial charge >= 0.3 is 0 Å². The lowest BCUT2D eigenvalue weighted by Gasteiger charge is -2.30. The van der Waals surface area contributed by atoms with Gasteiger partial charge in [0, 0.05) is 27.8 Å². The van der Waals surface area contributed by atoms with Gasteiger partial charge in [-0.2, -0.15) is 0 Å². The second kappa shape index (κ2) is 8.96. The van der Waals surface area contributed by atoms with Crippen LogP contribution in [0.25, 0.3) is 0 Å². The number of aliphatic hydroxyl groups excluding tert-OH is 1. The minimum atomic E-state index is -1.54. The Hall–Kier alpha value is -3.23. The highest BCUT2D eigenvalue weighted by molar-refractivity contribution is 6.31. The number of amides is 3. The fourth-order valence-corrected chi connectivity index (χ4v) is 6.30. The Balaban J connectivity index is 1.43. The Bertz CT molecular complexity index is 1410. The lowest BCUT2D eigenvalue weighted by atomic mass is 9.76. The number of hydrogen-bond acceptors (Lipinski definition) is 5. The second-order valence-electron chi connectivity index (χ2n) is 9.69. The van der Waals surface area contributed by atoms with Gasteiger partial charge in [0.15, 0.2) is 0 Å². The number of likely N-dealkylation sites (tertiary alicyclic amines) is 1. The molecule has 188 valence electrons. The van der Waals surface area contributed by atoms with Gasteiger partial charge in [-0.3, -0.25) is 24.6 Å². The molecular formula is C28H23Cl2N3O4. The summed E-state index contributed by atoms with van der Waals surface area (Å²) in [4.78, 5) is 42.6. The molecule has 3 amide bonds. The van der Waals surface area contributed by atoms with Crippen molar-refractivity contribution in [3.63, 3.8) is 0 Å². The normalized spacial score (nSPS) is 26.9. The van der Waals surface area contributed by atoms with Crippen LogP contribution in [0.4, 0.5) is 5.69 Å². The van der Waals surface area contributed by atoms with Gasteiger partial charge < -0.3 is 10.4 Å². The second-order valence-corrected chi connectivity index (χ2v) is 10.6. The number of rotatable bonds is 5. The monoisotopic (exact) mass is 535 g/mol. The molecule has 0 aliphatic carbocycles. The summed E-state index contributed by atoms with van der Waals surface area (Å²) in [6, 6.07) is 20.3. The lowest BCUT2D eigenvalue weighted by Crippen LogP contribution is -2.54. The molecule has 2 saturated heterocycles. The predicted octanol–water partition coefficient (Wildman–Crippen LogP) is 3.69. The van der Waals surface area contributed by atoms with Crippen LogP contribution in [0.2, 0.25) is 10.0 Å². The summed E-state index contributed by atoms with van der Waals surface area (Å²) in [6.07, 6.45) is -0.692. The number of nitrogens with one attached hydrogen (secondary N) is 2. The summed E-state index contributed by atoms with van der Waals surface area (Å²) in [6.45, 7) is 0.179. The highest BCUT2D eigenvalue weighted by Crippen LogP contribution is 2.55. The molecule has 0 bridgehead atoms. The summed E-state index contributed by atoms with van der Waals surface area (Å²) in [5.41, 5.74) is 0.978. The van der Waals surface area contributed by atoms with Crippen molar-refractivity contribution < 1.29 is 19.5 Å². The van der Waals surface area contributed by atoms with E-state index in [0.717, 1.165) is 5.56 Å².